The number of rotatable bonds is 1. The minimum absolute atomic E-state index is 0. The van der Waals surface area contributed by atoms with E-state index in [1.54, 1.807) is 0 Å². The molecule has 1 aliphatic rings. The van der Waals surface area contributed by atoms with Crippen LogP contribution in [0.2, 0.25) is 0 Å². The van der Waals surface area contributed by atoms with E-state index >= 15 is 0 Å². The highest BCUT2D eigenvalue weighted by Crippen LogP contribution is 2.20. The first kappa shape index (κ1) is 11.3. The molecule has 0 aromatic heterocycles. The van der Waals surface area contributed by atoms with Gasteiger partial charge in [0, 0.05) is 4.47 Å². The molecule has 0 spiro atoms. The van der Waals surface area contributed by atoms with Crippen LogP contribution in [-0.4, -0.2) is 12.7 Å². The number of hydrogen-bond acceptors (Lipinski definition) is 2. The first-order valence-electron chi connectivity index (χ1n) is 3.94. The van der Waals surface area contributed by atoms with Crippen molar-refractivity contribution in [3.63, 3.8) is 0 Å². The number of carbonyl (C=O) groups excluding carboxylic acids is 1. The van der Waals surface area contributed by atoms with Crippen molar-refractivity contribution in [2.24, 2.45) is 0 Å². The fourth-order valence-corrected chi connectivity index (χ4v) is 1.52. The molecule has 1 N–H and O–H groups in total. The van der Waals surface area contributed by atoms with E-state index in [-0.39, 0.29) is 24.5 Å². The van der Waals surface area contributed by atoms with E-state index in [1.807, 2.05) is 24.3 Å². The number of alkyl carbamates (subject to hydrolysis) is 1. The van der Waals surface area contributed by atoms with Crippen molar-refractivity contribution < 1.29 is 9.53 Å². The van der Waals surface area contributed by atoms with Crippen molar-refractivity contribution in [3.8, 4) is 0 Å². The average Bonchev–Trinajstić information content (AvgIpc) is 2.53. The van der Waals surface area contributed by atoms with Crippen LogP contribution in [0.5, 0.6) is 0 Å². The predicted octanol–water partition coefficient (Wildman–Crippen LogP) is 2.65. The van der Waals surface area contributed by atoms with Gasteiger partial charge in [-0.1, -0.05) is 28.1 Å². The zero-order chi connectivity index (χ0) is 9.26. The molecule has 1 amide bonds. The standard InChI is InChI=1S/C9H8BrNO2.ClH/c10-7-3-1-6(2-4-7)8-5-13-9(12)11-8;/h1-4,8H,5H2,(H,11,12);1H/t8-;/m1./s1. The average molecular weight is 279 g/mol. The molecule has 76 valence electrons. The van der Waals surface area contributed by atoms with Crippen molar-refractivity contribution in [2.75, 3.05) is 6.61 Å². The molecule has 1 fully saturated rings. The predicted molar refractivity (Wildman–Crippen MR) is 58.6 cm³/mol. The van der Waals surface area contributed by atoms with E-state index < -0.39 is 0 Å². The molecule has 0 aliphatic carbocycles. The van der Waals surface area contributed by atoms with E-state index in [0.717, 1.165) is 10.0 Å². The lowest BCUT2D eigenvalue weighted by Gasteiger charge is -2.06. The summed E-state index contributed by atoms with van der Waals surface area (Å²) >= 11 is 3.35. The van der Waals surface area contributed by atoms with Gasteiger partial charge in [0.2, 0.25) is 0 Å². The van der Waals surface area contributed by atoms with Crippen LogP contribution in [-0.2, 0) is 4.74 Å². The fraction of sp³-hybridized carbons (Fsp3) is 0.222. The van der Waals surface area contributed by atoms with Crippen LogP contribution in [0.4, 0.5) is 4.79 Å². The Bertz CT molecular complexity index is 328. The van der Waals surface area contributed by atoms with Crippen LogP contribution in [0.15, 0.2) is 28.7 Å². The number of carbonyl (C=O) groups is 1. The number of amides is 1. The van der Waals surface area contributed by atoms with E-state index in [9.17, 15) is 4.79 Å². The van der Waals surface area contributed by atoms with Crippen molar-refractivity contribution in [1.82, 2.24) is 5.32 Å². The summed E-state index contributed by atoms with van der Waals surface area (Å²) in [4.78, 5) is 10.8. The van der Waals surface area contributed by atoms with Gasteiger partial charge in [0.05, 0.1) is 6.04 Å². The number of halogens is 2. The largest absolute Gasteiger partial charge is 0.447 e. The number of nitrogens with one attached hydrogen (secondary N) is 1. The molecule has 0 bridgehead atoms. The summed E-state index contributed by atoms with van der Waals surface area (Å²) in [5.74, 6) is 0. The van der Waals surface area contributed by atoms with Crippen LogP contribution >= 0.6 is 28.3 Å². The zero-order valence-electron chi connectivity index (χ0n) is 7.20. The molecule has 3 nitrogen and oxygen atoms in total. The molecule has 1 heterocycles. The van der Waals surface area contributed by atoms with Gasteiger partial charge in [0.1, 0.15) is 6.61 Å². The molecular weight excluding hydrogens is 269 g/mol. The lowest BCUT2D eigenvalue weighted by atomic mass is 10.1. The van der Waals surface area contributed by atoms with Crippen molar-refractivity contribution >= 4 is 34.4 Å². The Labute approximate surface area is 96.4 Å². The van der Waals surface area contributed by atoms with Crippen LogP contribution in [0.25, 0.3) is 0 Å². The smallest absolute Gasteiger partial charge is 0.407 e. The highest BCUT2D eigenvalue weighted by molar-refractivity contribution is 9.10. The Balaban J connectivity index is 0.000000980. The monoisotopic (exact) mass is 277 g/mol. The number of ether oxygens (including phenoxy) is 1. The summed E-state index contributed by atoms with van der Waals surface area (Å²) in [6, 6.07) is 7.81. The fourth-order valence-electron chi connectivity index (χ4n) is 1.26. The van der Waals surface area contributed by atoms with Crippen molar-refractivity contribution in [2.45, 2.75) is 6.04 Å². The third-order valence-corrected chi connectivity index (χ3v) is 2.47. The van der Waals surface area contributed by atoms with E-state index in [2.05, 4.69) is 21.2 Å². The van der Waals surface area contributed by atoms with E-state index in [0.29, 0.717) is 6.61 Å². The Morgan fingerprint density at radius 3 is 2.50 bits per heavy atom. The molecule has 0 saturated carbocycles. The summed E-state index contributed by atoms with van der Waals surface area (Å²) in [5.41, 5.74) is 1.06. The summed E-state index contributed by atoms with van der Waals surface area (Å²) in [6.07, 6.45) is -0.340. The Morgan fingerprint density at radius 2 is 2.00 bits per heavy atom. The summed E-state index contributed by atoms with van der Waals surface area (Å²) in [6.45, 7) is 0.417. The van der Waals surface area contributed by atoms with Crippen molar-refractivity contribution in [3.05, 3.63) is 34.3 Å². The van der Waals surface area contributed by atoms with Gasteiger partial charge in [-0.15, -0.1) is 12.4 Å². The molecular formula is C9H9BrClNO2. The Morgan fingerprint density at radius 1 is 1.36 bits per heavy atom. The lowest BCUT2D eigenvalue weighted by Crippen LogP contribution is -2.18. The molecule has 0 radical (unpaired) electrons. The van der Waals surface area contributed by atoms with E-state index in [1.165, 1.54) is 0 Å². The van der Waals surface area contributed by atoms with Gasteiger partial charge < -0.3 is 10.1 Å². The SMILES string of the molecule is Cl.O=C1N[C@@H](c2ccc(Br)cc2)CO1. The third-order valence-electron chi connectivity index (χ3n) is 1.95. The molecule has 1 aromatic carbocycles. The molecule has 1 atom stereocenters. The van der Waals surface area contributed by atoms with Gasteiger partial charge in [-0.25, -0.2) is 4.79 Å². The maximum absolute atomic E-state index is 10.8. The van der Waals surface area contributed by atoms with Crippen molar-refractivity contribution in [1.29, 1.82) is 0 Å². The van der Waals surface area contributed by atoms with Gasteiger partial charge in [-0.3, -0.25) is 0 Å². The second kappa shape index (κ2) is 4.66. The lowest BCUT2D eigenvalue weighted by molar-refractivity contribution is 0.177. The molecule has 14 heavy (non-hydrogen) atoms. The Kier molecular flexibility index (Phi) is 3.77. The van der Waals surface area contributed by atoms with Crippen LogP contribution in [0.3, 0.4) is 0 Å². The topological polar surface area (TPSA) is 38.3 Å². The van der Waals surface area contributed by atoms with Gasteiger partial charge in [0.25, 0.3) is 0 Å². The molecule has 2 rings (SSSR count). The zero-order valence-corrected chi connectivity index (χ0v) is 9.60. The van der Waals surface area contributed by atoms with Gasteiger partial charge in [-0.2, -0.15) is 0 Å². The molecule has 1 aliphatic heterocycles. The first-order valence-corrected chi connectivity index (χ1v) is 4.74. The number of benzene rings is 1. The van der Waals surface area contributed by atoms with E-state index in [4.69, 9.17) is 4.74 Å². The second-order valence-electron chi connectivity index (χ2n) is 2.85. The van der Waals surface area contributed by atoms with Crippen LogP contribution in [0.1, 0.15) is 11.6 Å². The highest BCUT2D eigenvalue weighted by Gasteiger charge is 2.23. The maximum atomic E-state index is 10.8. The molecule has 1 aromatic rings. The van der Waals surface area contributed by atoms with Gasteiger partial charge in [0.15, 0.2) is 0 Å². The normalized spacial score (nSPS) is 19.5. The van der Waals surface area contributed by atoms with Gasteiger partial charge >= 0.3 is 6.09 Å². The summed E-state index contributed by atoms with van der Waals surface area (Å²) < 4.78 is 5.82. The first-order chi connectivity index (χ1) is 6.25. The minimum Gasteiger partial charge on any atom is -0.447 e. The minimum atomic E-state index is -0.340. The maximum Gasteiger partial charge on any atom is 0.407 e. The third kappa shape index (κ3) is 2.39. The molecule has 5 heteroatoms. The van der Waals surface area contributed by atoms with Crippen LogP contribution in [0, 0.1) is 0 Å². The summed E-state index contributed by atoms with van der Waals surface area (Å²) in [7, 11) is 0. The number of hydrogen-bond donors (Lipinski definition) is 1. The highest BCUT2D eigenvalue weighted by atomic mass is 79.9. The molecule has 0 unspecified atom stereocenters. The summed E-state index contributed by atoms with van der Waals surface area (Å²) in [5, 5.41) is 2.71. The quantitative estimate of drug-likeness (QED) is 0.857. The second-order valence-corrected chi connectivity index (χ2v) is 3.76. The Hall–Kier alpha value is -0.740. The van der Waals surface area contributed by atoms with Crippen LogP contribution < -0.4 is 5.32 Å². The number of cyclic esters (lactones) is 1. The van der Waals surface area contributed by atoms with Gasteiger partial charge in [-0.05, 0) is 17.7 Å². The molecule has 1 saturated heterocycles.